The van der Waals surface area contributed by atoms with E-state index in [0.29, 0.717) is 15.9 Å². The van der Waals surface area contributed by atoms with Gasteiger partial charge in [0.2, 0.25) is 0 Å². The van der Waals surface area contributed by atoms with Gasteiger partial charge in [0.1, 0.15) is 0 Å². The van der Waals surface area contributed by atoms with E-state index < -0.39 is 0 Å². The topological polar surface area (TPSA) is 54.5 Å². The third kappa shape index (κ3) is 3.12. The molecule has 0 N–H and O–H groups in total. The third-order valence-electron chi connectivity index (χ3n) is 3.22. The number of hydrogen-bond acceptors (Lipinski definition) is 3. The second kappa shape index (κ2) is 6.71. The molecular weight excluding hydrogens is 382 g/mol. The predicted molar refractivity (Wildman–Crippen MR) is 88.9 cm³/mol. The van der Waals surface area contributed by atoms with Gasteiger partial charge >= 0.3 is 144 Å². The van der Waals surface area contributed by atoms with E-state index in [9.17, 15) is 5.26 Å². The molecule has 0 saturated carbocycles. The summed E-state index contributed by atoms with van der Waals surface area (Å²) < 4.78 is 3.00. The van der Waals surface area contributed by atoms with E-state index in [1.165, 1.54) is 6.33 Å². The summed E-state index contributed by atoms with van der Waals surface area (Å²) in [4.78, 5) is 8.11. The Hall–Kier alpha value is -1.53. The Morgan fingerprint density at radius 1 is 1.23 bits per heavy atom. The Kier molecular flexibility index (Phi) is 4.68. The van der Waals surface area contributed by atoms with Crippen molar-refractivity contribution in [1.29, 1.82) is 5.26 Å². The van der Waals surface area contributed by atoms with Gasteiger partial charge in [0, 0.05) is 0 Å². The van der Waals surface area contributed by atoms with E-state index in [2.05, 4.69) is 16.0 Å². The second-order valence-electron chi connectivity index (χ2n) is 4.55. The molecule has 0 bridgehead atoms. The number of nitrogens with zero attached hydrogens (tertiary/aromatic N) is 4. The fraction of sp³-hybridized carbons (Fsp3) is 0.133. The van der Waals surface area contributed by atoms with Gasteiger partial charge in [-0.1, -0.05) is 0 Å². The van der Waals surface area contributed by atoms with Crippen LogP contribution in [-0.2, 0) is 6.54 Å². The SMILES string of the molecule is N#Cc1cc2c(Cl)cccc2n1CC[As]c1cc(Cl)ncn1. The molecule has 0 atom stereocenters. The number of aryl methyl sites for hydroxylation is 1. The Balaban J connectivity index is 1.82. The maximum atomic E-state index is 9.32. The first-order valence-electron chi connectivity index (χ1n) is 6.52. The van der Waals surface area contributed by atoms with Gasteiger partial charge in [-0.05, 0) is 0 Å². The van der Waals surface area contributed by atoms with Crippen LogP contribution >= 0.6 is 23.2 Å². The molecule has 2 aromatic heterocycles. The van der Waals surface area contributed by atoms with Gasteiger partial charge in [-0.2, -0.15) is 0 Å². The number of rotatable bonds is 4. The standard InChI is InChI=1S/C15H10AsCl2N4/c17-12-2-1-3-13-11(12)6-10(8-19)22(13)5-4-16-14-7-15(18)21-9-20-14/h1-3,6-7,9H,4-5H2. The average Bonchev–Trinajstić information content (AvgIpc) is 2.87. The minimum absolute atomic E-state index is 0.123. The van der Waals surface area contributed by atoms with Crippen LogP contribution in [0.25, 0.3) is 10.9 Å². The normalized spacial score (nSPS) is 11.3. The van der Waals surface area contributed by atoms with Crippen LogP contribution in [-0.4, -0.2) is 30.3 Å². The summed E-state index contributed by atoms with van der Waals surface area (Å²) in [6.45, 7) is 0.758. The third-order valence-corrected chi connectivity index (χ3v) is 5.84. The zero-order valence-corrected chi connectivity index (χ0v) is 14.8. The maximum absolute atomic E-state index is 9.32. The van der Waals surface area contributed by atoms with Gasteiger partial charge in [0.25, 0.3) is 0 Å². The minimum atomic E-state index is -0.123. The summed E-state index contributed by atoms with van der Waals surface area (Å²) in [5.41, 5.74) is 1.62. The molecule has 22 heavy (non-hydrogen) atoms. The molecule has 0 fully saturated rings. The quantitative estimate of drug-likeness (QED) is 0.507. The molecule has 0 saturated heterocycles. The summed E-state index contributed by atoms with van der Waals surface area (Å²) in [5, 5.41) is 12.3. The van der Waals surface area contributed by atoms with Crippen LogP contribution in [0.5, 0.6) is 0 Å². The molecule has 109 valence electrons. The first-order valence-corrected chi connectivity index (χ1v) is 9.54. The predicted octanol–water partition coefficient (Wildman–Crippen LogP) is 3.06. The van der Waals surface area contributed by atoms with Crippen molar-refractivity contribution in [2.75, 3.05) is 0 Å². The average molecular weight is 392 g/mol. The Labute approximate surface area is 144 Å². The zero-order valence-electron chi connectivity index (χ0n) is 11.4. The number of benzene rings is 1. The van der Waals surface area contributed by atoms with E-state index in [1.54, 1.807) is 6.07 Å². The molecule has 4 nitrogen and oxygen atoms in total. The van der Waals surface area contributed by atoms with Crippen LogP contribution in [0.4, 0.5) is 0 Å². The van der Waals surface area contributed by atoms with Gasteiger partial charge in [-0.3, -0.25) is 0 Å². The fourth-order valence-electron chi connectivity index (χ4n) is 2.26. The van der Waals surface area contributed by atoms with E-state index in [-0.39, 0.29) is 15.8 Å². The molecule has 0 aliphatic heterocycles. The number of hydrogen-bond donors (Lipinski definition) is 0. The molecule has 7 heteroatoms. The summed E-state index contributed by atoms with van der Waals surface area (Å²) in [6, 6.07) is 11.6. The van der Waals surface area contributed by atoms with Gasteiger partial charge in [-0.15, -0.1) is 0 Å². The molecule has 0 spiro atoms. The zero-order chi connectivity index (χ0) is 15.5. The second-order valence-corrected chi connectivity index (χ2v) is 7.90. The summed E-state index contributed by atoms with van der Waals surface area (Å²) >= 11 is 11.9. The monoisotopic (exact) mass is 391 g/mol. The van der Waals surface area contributed by atoms with E-state index in [1.807, 2.05) is 28.8 Å². The molecule has 2 heterocycles. The van der Waals surface area contributed by atoms with Gasteiger partial charge in [0.05, 0.1) is 0 Å². The van der Waals surface area contributed by atoms with Crippen molar-refractivity contribution in [3.05, 3.63) is 52.5 Å². The molecule has 3 rings (SSSR count). The Morgan fingerprint density at radius 2 is 2.09 bits per heavy atom. The molecule has 0 aliphatic rings. The molecule has 0 amide bonds. The Morgan fingerprint density at radius 3 is 2.86 bits per heavy atom. The fourth-order valence-corrected chi connectivity index (χ4v) is 4.63. The van der Waals surface area contributed by atoms with Crippen LogP contribution in [0.3, 0.4) is 0 Å². The molecule has 0 aliphatic carbocycles. The molecule has 0 unspecified atom stereocenters. The summed E-state index contributed by atoms with van der Waals surface area (Å²) in [7, 11) is 0. The number of aromatic nitrogens is 3. The van der Waals surface area contributed by atoms with Crippen molar-refractivity contribution in [3.63, 3.8) is 0 Å². The first kappa shape index (κ1) is 15.4. The van der Waals surface area contributed by atoms with E-state index in [0.717, 1.165) is 27.1 Å². The molecule has 1 aromatic carbocycles. The van der Waals surface area contributed by atoms with Crippen LogP contribution in [0.1, 0.15) is 5.69 Å². The van der Waals surface area contributed by atoms with E-state index >= 15 is 0 Å². The number of fused-ring (bicyclic) bond motifs is 1. The molecule has 1 radical (unpaired) electrons. The summed E-state index contributed by atoms with van der Waals surface area (Å²) in [5.74, 6) is 0. The number of nitriles is 1. The van der Waals surface area contributed by atoms with E-state index in [4.69, 9.17) is 23.2 Å². The number of halogens is 2. The van der Waals surface area contributed by atoms with Crippen LogP contribution in [0.2, 0.25) is 15.4 Å². The van der Waals surface area contributed by atoms with Crippen molar-refractivity contribution >= 4 is 54.3 Å². The Bertz CT molecular complexity index is 870. The van der Waals surface area contributed by atoms with Gasteiger partial charge in [0.15, 0.2) is 0 Å². The van der Waals surface area contributed by atoms with Crippen molar-refractivity contribution in [2.45, 2.75) is 11.8 Å². The van der Waals surface area contributed by atoms with Crippen molar-refractivity contribution in [2.24, 2.45) is 0 Å². The van der Waals surface area contributed by atoms with Crippen LogP contribution < -0.4 is 4.48 Å². The van der Waals surface area contributed by atoms with Crippen molar-refractivity contribution in [3.8, 4) is 6.07 Å². The molecular formula is C15H10AsCl2N4. The van der Waals surface area contributed by atoms with Crippen molar-refractivity contribution < 1.29 is 0 Å². The van der Waals surface area contributed by atoms with Gasteiger partial charge in [-0.25, -0.2) is 0 Å². The summed E-state index contributed by atoms with van der Waals surface area (Å²) in [6.07, 6.45) is 1.48. The molecule has 3 aromatic rings. The van der Waals surface area contributed by atoms with Crippen LogP contribution in [0.15, 0.2) is 36.7 Å². The first-order chi connectivity index (χ1) is 10.7. The van der Waals surface area contributed by atoms with Crippen LogP contribution in [0, 0.1) is 11.3 Å². The van der Waals surface area contributed by atoms with Crippen molar-refractivity contribution in [1.82, 2.24) is 14.5 Å². The van der Waals surface area contributed by atoms with Gasteiger partial charge < -0.3 is 0 Å².